The zero-order valence-electron chi connectivity index (χ0n) is 6.30. The van der Waals surface area contributed by atoms with Gasteiger partial charge in [0.15, 0.2) is 0 Å². The van der Waals surface area contributed by atoms with Gasteiger partial charge < -0.3 is 5.11 Å². The summed E-state index contributed by atoms with van der Waals surface area (Å²) in [4.78, 5) is 0. The average Bonchev–Trinajstić information content (AvgIpc) is 2.43. The molecule has 1 N–H and O–H groups in total. The Morgan fingerprint density at radius 3 is 2.44 bits per heavy atom. The van der Waals surface area contributed by atoms with Crippen LogP contribution in [0.15, 0.2) is 12.2 Å². The lowest BCUT2D eigenvalue weighted by molar-refractivity contribution is 0.251. The van der Waals surface area contributed by atoms with Crippen LogP contribution in [-0.4, -0.2) is 11.7 Å². The maximum absolute atomic E-state index is 8.51. The second-order valence-corrected chi connectivity index (χ2v) is 1.95. The number of rotatable bonds is 1. The number of aliphatic hydroxyl groups is 1. The van der Waals surface area contributed by atoms with Gasteiger partial charge in [0, 0.05) is 12.5 Å². The predicted molar refractivity (Wildman–Crippen MR) is 40.3 cm³/mol. The van der Waals surface area contributed by atoms with Crippen LogP contribution in [0.3, 0.4) is 0 Å². The Morgan fingerprint density at radius 1 is 1.56 bits per heavy atom. The van der Waals surface area contributed by atoms with Crippen LogP contribution in [-0.2, 0) is 0 Å². The molecule has 0 aromatic carbocycles. The third-order valence-corrected chi connectivity index (χ3v) is 1.35. The fourth-order valence-corrected chi connectivity index (χ4v) is 0.847. The van der Waals surface area contributed by atoms with E-state index in [2.05, 4.69) is 12.2 Å². The molecule has 1 aliphatic rings. The maximum Gasteiger partial charge on any atom is 0.0493 e. The van der Waals surface area contributed by atoms with Crippen molar-refractivity contribution in [1.82, 2.24) is 0 Å². The first-order chi connectivity index (χ1) is 4.43. The van der Waals surface area contributed by atoms with Gasteiger partial charge in [-0.1, -0.05) is 26.0 Å². The molecule has 0 heterocycles. The molecule has 0 aromatic heterocycles. The summed E-state index contributed by atoms with van der Waals surface area (Å²) in [5.74, 6) is 0.472. The minimum absolute atomic E-state index is 0.330. The Bertz CT molecular complexity index is 76.6. The summed E-state index contributed by atoms with van der Waals surface area (Å²) in [6.45, 7) is 4.33. The van der Waals surface area contributed by atoms with Crippen molar-refractivity contribution in [2.75, 3.05) is 6.61 Å². The Kier molecular flexibility index (Phi) is 5.64. The van der Waals surface area contributed by atoms with Gasteiger partial charge in [-0.15, -0.1) is 0 Å². The van der Waals surface area contributed by atoms with E-state index in [-0.39, 0.29) is 0 Å². The van der Waals surface area contributed by atoms with Crippen molar-refractivity contribution < 1.29 is 5.11 Å². The Balaban J connectivity index is 0.000000291. The fourth-order valence-electron chi connectivity index (χ4n) is 0.847. The molecule has 1 nitrogen and oxygen atoms in total. The summed E-state index contributed by atoms with van der Waals surface area (Å²) in [5.41, 5.74) is 0. The van der Waals surface area contributed by atoms with Crippen molar-refractivity contribution >= 4 is 0 Å². The van der Waals surface area contributed by atoms with Crippen LogP contribution in [0, 0.1) is 5.92 Å². The highest BCUT2D eigenvalue weighted by molar-refractivity contribution is 4.95. The average molecular weight is 128 g/mol. The minimum atomic E-state index is 0.330. The molecule has 1 aliphatic carbocycles. The van der Waals surface area contributed by atoms with Crippen molar-refractivity contribution in [3.05, 3.63) is 12.2 Å². The summed E-state index contributed by atoms with van der Waals surface area (Å²) < 4.78 is 0. The minimum Gasteiger partial charge on any atom is -0.396 e. The van der Waals surface area contributed by atoms with Crippen molar-refractivity contribution in [2.24, 2.45) is 5.92 Å². The van der Waals surface area contributed by atoms with Crippen LogP contribution in [0.4, 0.5) is 0 Å². The molecular formula is C8H16O. The van der Waals surface area contributed by atoms with Crippen LogP contribution in [0.25, 0.3) is 0 Å². The molecule has 0 fully saturated rings. The standard InChI is InChI=1S/C6H10O.C2H6/c7-5-6-3-1-2-4-6;1-2/h1,3,6-7H,2,4-5H2;1-2H3. The van der Waals surface area contributed by atoms with E-state index >= 15 is 0 Å². The topological polar surface area (TPSA) is 20.2 Å². The van der Waals surface area contributed by atoms with E-state index in [0.717, 1.165) is 12.8 Å². The largest absolute Gasteiger partial charge is 0.396 e. The molecule has 0 saturated carbocycles. The van der Waals surface area contributed by atoms with Crippen LogP contribution >= 0.6 is 0 Å². The first-order valence-corrected chi connectivity index (χ1v) is 3.71. The first-order valence-electron chi connectivity index (χ1n) is 3.71. The summed E-state index contributed by atoms with van der Waals surface area (Å²) in [7, 11) is 0. The second-order valence-electron chi connectivity index (χ2n) is 1.95. The molecule has 0 radical (unpaired) electrons. The van der Waals surface area contributed by atoms with Gasteiger partial charge in [-0.25, -0.2) is 0 Å². The van der Waals surface area contributed by atoms with E-state index < -0.39 is 0 Å². The zero-order chi connectivity index (χ0) is 7.11. The van der Waals surface area contributed by atoms with E-state index in [0.29, 0.717) is 12.5 Å². The van der Waals surface area contributed by atoms with Gasteiger partial charge in [0.05, 0.1) is 0 Å². The third-order valence-electron chi connectivity index (χ3n) is 1.35. The van der Waals surface area contributed by atoms with Crippen molar-refractivity contribution in [3.63, 3.8) is 0 Å². The van der Waals surface area contributed by atoms with E-state index in [1.165, 1.54) is 0 Å². The SMILES string of the molecule is CC.OCC1C=CCC1. The summed E-state index contributed by atoms with van der Waals surface area (Å²) >= 11 is 0. The molecule has 0 aliphatic heterocycles. The van der Waals surface area contributed by atoms with E-state index in [1.807, 2.05) is 13.8 Å². The number of aliphatic hydroxyl groups excluding tert-OH is 1. The highest BCUT2D eigenvalue weighted by atomic mass is 16.3. The Morgan fingerprint density at radius 2 is 2.22 bits per heavy atom. The van der Waals surface area contributed by atoms with Crippen molar-refractivity contribution in [1.29, 1.82) is 0 Å². The fraction of sp³-hybridized carbons (Fsp3) is 0.750. The maximum atomic E-state index is 8.51. The van der Waals surface area contributed by atoms with E-state index in [9.17, 15) is 0 Å². The van der Waals surface area contributed by atoms with Gasteiger partial charge in [0.1, 0.15) is 0 Å². The van der Waals surface area contributed by atoms with Gasteiger partial charge in [-0.2, -0.15) is 0 Å². The molecule has 0 amide bonds. The van der Waals surface area contributed by atoms with Crippen LogP contribution in [0.5, 0.6) is 0 Å². The molecule has 0 saturated heterocycles. The Hall–Kier alpha value is -0.300. The highest BCUT2D eigenvalue weighted by Crippen LogP contribution is 2.14. The van der Waals surface area contributed by atoms with Gasteiger partial charge >= 0.3 is 0 Å². The molecular weight excluding hydrogens is 112 g/mol. The van der Waals surface area contributed by atoms with Crippen molar-refractivity contribution in [2.45, 2.75) is 26.7 Å². The normalized spacial score (nSPS) is 23.2. The monoisotopic (exact) mass is 128 g/mol. The van der Waals surface area contributed by atoms with Crippen LogP contribution < -0.4 is 0 Å². The third kappa shape index (κ3) is 3.31. The number of hydrogen-bond acceptors (Lipinski definition) is 1. The summed E-state index contributed by atoms with van der Waals surface area (Å²) in [6, 6.07) is 0. The van der Waals surface area contributed by atoms with E-state index in [4.69, 9.17) is 5.11 Å². The lowest BCUT2D eigenvalue weighted by atomic mass is 10.1. The van der Waals surface area contributed by atoms with Crippen LogP contribution in [0.2, 0.25) is 0 Å². The smallest absolute Gasteiger partial charge is 0.0493 e. The lowest BCUT2D eigenvalue weighted by Crippen LogP contribution is -1.96. The molecule has 1 rings (SSSR count). The predicted octanol–water partition coefficient (Wildman–Crippen LogP) is 1.97. The lowest BCUT2D eigenvalue weighted by Gasteiger charge is -1.97. The molecule has 1 unspecified atom stereocenters. The quantitative estimate of drug-likeness (QED) is 0.535. The second kappa shape index (κ2) is 5.83. The molecule has 0 aromatic rings. The molecule has 0 spiro atoms. The van der Waals surface area contributed by atoms with Gasteiger partial charge in [0.25, 0.3) is 0 Å². The molecule has 54 valence electrons. The summed E-state index contributed by atoms with van der Waals surface area (Å²) in [6.07, 6.45) is 6.52. The number of allylic oxidation sites excluding steroid dienone is 1. The number of hydrogen-bond donors (Lipinski definition) is 1. The van der Waals surface area contributed by atoms with Gasteiger partial charge in [0.2, 0.25) is 0 Å². The highest BCUT2D eigenvalue weighted by Gasteiger charge is 2.05. The van der Waals surface area contributed by atoms with Gasteiger partial charge in [-0.05, 0) is 12.8 Å². The molecule has 1 atom stereocenters. The molecule has 9 heavy (non-hydrogen) atoms. The van der Waals surface area contributed by atoms with E-state index in [1.54, 1.807) is 0 Å². The summed E-state index contributed by atoms with van der Waals surface area (Å²) in [5, 5.41) is 8.51. The van der Waals surface area contributed by atoms with Gasteiger partial charge in [-0.3, -0.25) is 0 Å². The Labute approximate surface area is 57.4 Å². The zero-order valence-corrected chi connectivity index (χ0v) is 6.30. The van der Waals surface area contributed by atoms with Crippen molar-refractivity contribution in [3.8, 4) is 0 Å². The molecule has 1 heteroatoms. The molecule has 0 bridgehead atoms. The first kappa shape index (κ1) is 8.70. The van der Waals surface area contributed by atoms with Crippen LogP contribution in [0.1, 0.15) is 26.7 Å².